The molecule has 0 aliphatic heterocycles. The number of benzene rings is 3. The number of hydrogen-bond acceptors (Lipinski definition) is 1. The lowest BCUT2D eigenvalue weighted by molar-refractivity contribution is 0.372. The molecule has 0 atom stereocenters. The van der Waals surface area contributed by atoms with Crippen LogP contribution in [0.1, 0.15) is 61.6 Å². The highest BCUT2D eigenvalue weighted by atomic mass is 14.9. The molecule has 134 valence electrons. The van der Waals surface area contributed by atoms with Crippen LogP contribution in [0.5, 0.6) is 0 Å². The Morgan fingerprint density at radius 2 is 1.54 bits per heavy atom. The summed E-state index contributed by atoms with van der Waals surface area (Å²) in [5.41, 5.74) is 4.62. The van der Waals surface area contributed by atoms with Crippen LogP contribution in [-0.2, 0) is 19.4 Å². The van der Waals surface area contributed by atoms with Crippen LogP contribution in [0.4, 0.5) is 0 Å². The average molecular weight is 344 g/mol. The maximum atomic E-state index is 3.80. The number of rotatable bonds is 3. The van der Waals surface area contributed by atoms with Gasteiger partial charge in [0, 0.05) is 12.6 Å². The van der Waals surface area contributed by atoms with Crippen LogP contribution in [0.25, 0.3) is 21.5 Å². The molecule has 2 aliphatic carbocycles. The van der Waals surface area contributed by atoms with Crippen LogP contribution in [0.3, 0.4) is 0 Å². The van der Waals surface area contributed by atoms with Crippen LogP contribution in [0.15, 0.2) is 42.5 Å². The molecule has 0 aromatic heterocycles. The summed E-state index contributed by atoms with van der Waals surface area (Å²) >= 11 is 0. The number of fused-ring (bicyclic) bond motifs is 5. The molecule has 2 aliphatic rings. The second kappa shape index (κ2) is 7.04. The maximum Gasteiger partial charge on any atom is 0.0208 e. The van der Waals surface area contributed by atoms with Gasteiger partial charge in [-0.05, 0) is 82.8 Å². The van der Waals surface area contributed by atoms with Gasteiger partial charge in [0.2, 0.25) is 0 Å². The van der Waals surface area contributed by atoms with Gasteiger partial charge in [-0.1, -0.05) is 55.7 Å². The Bertz CT molecular complexity index is 934. The van der Waals surface area contributed by atoms with Gasteiger partial charge in [0.25, 0.3) is 0 Å². The largest absolute Gasteiger partial charge is 0.310 e. The zero-order chi connectivity index (χ0) is 17.3. The molecule has 0 spiro atoms. The first-order chi connectivity index (χ1) is 12.9. The predicted octanol–water partition coefficient (Wildman–Crippen LogP) is 6.29. The van der Waals surface area contributed by atoms with Crippen LogP contribution >= 0.6 is 0 Å². The van der Waals surface area contributed by atoms with Crippen LogP contribution < -0.4 is 5.32 Å². The molecular formula is C25H29N. The van der Waals surface area contributed by atoms with E-state index in [-0.39, 0.29) is 0 Å². The first kappa shape index (κ1) is 16.3. The van der Waals surface area contributed by atoms with Gasteiger partial charge in [-0.2, -0.15) is 0 Å². The van der Waals surface area contributed by atoms with Crippen molar-refractivity contribution in [2.45, 2.75) is 70.4 Å². The quantitative estimate of drug-likeness (QED) is 0.551. The van der Waals surface area contributed by atoms with Crippen molar-refractivity contribution in [2.75, 3.05) is 0 Å². The molecule has 26 heavy (non-hydrogen) atoms. The van der Waals surface area contributed by atoms with E-state index in [1.807, 2.05) is 0 Å². The highest BCUT2D eigenvalue weighted by molar-refractivity contribution is 6.09. The van der Waals surface area contributed by atoms with Crippen LogP contribution in [-0.4, -0.2) is 6.04 Å². The van der Waals surface area contributed by atoms with E-state index < -0.39 is 0 Å². The van der Waals surface area contributed by atoms with E-state index >= 15 is 0 Å². The van der Waals surface area contributed by atoms with Crippen molar-refractivity contribution >= 4 is 21.5 Å². The summed E-state index contributed by atoms with van der Waals surface area (Å²) in [6.45, 7) is 1.00. The molecule has 0 heterocycles. The zero-order valence-corrected chi connectivity index (χ0v) is 15.7. The monoisotopic (exact) mass is 343 g/mol. The van der Waals surface area contributed by atoms with Gasteiger partial charge in [-0.3, -0.25) is 0 Å². The van der Waals surface area contributed by atoms with Crippen molar-refractivity contribution in [2.24, 2.45) is 0 Å². The molecule has 1 heteroatoms. The van der Waals surface area contributed by atoms with Gasteiger partial charge in [0.05, 0.1) is 0 Å². The summed E-state index contributed by atoms with van der Waals surface area (Å²) < 4.78 is 0. The van der Waals surface area contributed by atoms with E-state index in [1.54, 1.807) is 11.1 Å². The first-order valence-corrected chi connectivity index (χ1v) is 10.6. The summed E-state index contributed by atoms with van der Waals surface area (Å²) in [5.74, 6) is 0. The molecule has 1 saturated carbocycles. The van der Waals surface area contributed by atoms with Crippen molar-refractivity contribution in [3.63, 3.8) is 0 Å². The van der Waals surface area contributed by atoms with E-state index in [0.717, 1.165) is 12.6 Å². The highest BCUT2D eigenvalue weighted by Crippen LogP contribution is 2.33. The van der Waals surface area contributed by atoms with Crippen molar-refractivity contribution in [1.82, 2.24) is 5.32 Å². The standard InChI is InChI=1S/C25H29N/c1-2-7-21(8-3-1)26-17-18-10-11-20-13-14-23-22-9-5-4-6-19(22)12-15-24(23)25(20)16-18/h10-16,21,26H,1-9,17H2. The normalized spacial score (nSPS) is 18.3. The molecule has 1 N–H and O–H groups in total. The van der Waals surface area contributed by atoms with Gasteiger partial charge >= 0.3 is 0 Å². The van der Waals surface area contributed by atoms with E-state index in [4.69, 9.17) is 0 Å². The Labute approximate surface area is 156 Å². The molecule has 3 aromatic carbocycles. The maximum absolute atomic E-state index is 3.80. The van der Waals surface area contributed by atoms with Crippen LogP contribution in [0, 0.1) is 0 Å². The number of aryl methyl sites for hydroxylation is 2. The summed E-state index contributed by atoms with van der Waals surface area (Å²) in [4.78, 5) is 0. The Kier molecular flexibility index (Phi) is 4.42. The first-order valence-electron chi connectivity index (χ1n) is 10.6. The van der Waals surface area contributed by atoms with Crippen molar-refractivity contribution in [3.8, 4) is 0 Å². The van der Waals surface area contributed by atoms with Crippen molar-refractivity contribution < 1.29 is 0 Å². The molecule has 0 radical (unpaired) electrons. The third kappa shape index (κ3) is 3.03. The van der Waals surface area contributed by atoms with Gasteiger partial charge in [-0.25, -0.2) is 0 Å². The minimum atomic E-state index is 0.721. The topological polar surface area (TPSA) is 12.0 Å². The third-order valence-electron chi connectivity index (χ3n) is 6.61. The predicted molar refractivity (Wildman–Crippen MR) is 112 cm³/mol. The minimum Gasteiger partial charge on any atom is -0.310 e. The zero-order valence-electron chi connectivity index (χ0n) is 15.7. The molecule has 0 saturated heterocycles. The minimum absolute atomic E-state index is 0.721. The molecule has 1 nitrogen and oxygen atoms in total. The molecule has 0 amide bonds. The molecule has 0 bridgehead atoms. The second-order valence-electron chi connectivity index (χ2n) is 8.34. The summed E-state index contributed by atoms with van der Waals surface area (Å²) in [6.07, 6.45) is 12.1. The lowest BCUT2D eigenvalue weighted by Crippen LogP contribution is -2.30. The third-order valence-corrected chi connectivity index (χ3v) is 6.61. The summed E-state index contributed by atoms with van der Waals surface area (Å²) in [5, 5.41) is 9.54. The lowest BCUT2D eigenvalue weighted by Gasteiger charge is -2.23. The fourth-order valence-electron chi connectivity index (χ4n) is 5.12. The fraction of sp³-hybridized carbons (Fsp3) is 0.440. The van der Waals surface area contributed by atoms with E-state index in [0.29, 0.717) is 0 Å². The Hall–Kier alpha value is -1.86. The Morgan fingerprint density at radius 3 is 2.46 bits per heavy atom. The molecule has 3 aromatic rings. The number of nitrogens with one attached hydrogen (secondary N) is 1. The van der Waals surface area contributed by atoms with E-state index in [9.17, 15) is 0 Å². The lowest BCUT2D eigenvalue weighted by atomic mass is 9.86. The summed E-state index contributed by atoms with van der Waals surface area (Å²) in [7, 11) is 0. The SMILES string of the molecule is c1cc2ccc3c4c(ccc3c2cc1CNC1CCCCC1)CCCC4. The fourth-order valence-corrected chi connectivity index (χ4v) is 5.12. The highest BCUT2D eigenvalue weighted by Gasteiger charge is 2.15. The molecule has 0 unspecified atom stereocenters. The van der Waals surface area contributed by atoms with Crippen LogP contribution in [0.2, 0.25) is 0 Å². The van der Waals surface area contributed by atoms with Crippen molar-refractivity contribution in [1.29, 1.82) is 0 Å². The molecule has 1 fully saturated rings. The van der Waals surface area contributed by atoms with E-state index in [2.05, 4.69) is 47.8 Å². The summed E-state index contributed by atoms with van der Waals surface area (Å²) in [6, 6.07) is 17.2. The Morgan fingerprint density at radius 1 is 0.731 bits per heavy atom. The second-order valence-corrected chi connectivity index (χ2v) is 8.34. The van der Waals surface area contributed by atoms with Crippen molar-refractivity contribution in [3.05, 3.63) is 59.2 Å². The average Bonchev–Trinajstić information content (AvgIpc) is 2.72. The van der Waals surface area contributed by atoms with E-state index in [1.165, 1.54) is 84.9 Å². The smallest absolute Gasteiger partial charge is 0.0208 e. The molecule has 5 rings (SSSR count). The number of hydrogen-bond donors (Lipinski definition) is 1. The van der Waals surface area contributed by atoms with Gasteiger partial charge in [0.15, 0.2) is 0 Å². The van der Waals surface area contributed by atoms with Gasteiger partial charge in [-0.15, -0.1) is 0 Å². The Balaban J connectivity index is 1.50. The van der Waals surface area contributed by atoms with Gasteiger partial charge in [0.1, 0.15) is 0 Å². The molecular weight excluding hydrogens is 314 g/mol. The van der Waals surface area contributed by atoms with Gasteiger partial charge < -0.3 is 5.32 Å².